The van der Waals surface area contributed by atoms with Gasteiger partial charge in [-0.2, -0.15) is 0 Å². The van der Waals surface area contributed by atoms with Gasteiger partial charge in [0.15, 0.2) is 5.16 Å². The van der Waals surface area contributed by atoms with Gasteiger partial charge in [0, 0.05) is 16.7 Å². The average molecular weight is 426 g/mol. The van der Waals surface area contributed by atoms with Crippen molar-refractivity contribution in [3.63, 3.8) is 0 Å². The van der Waals surface area contributed by atoms with Crippen molar-refractivity contribution < 1.29 is 4.79 Å². The molecule has 0 bridgehead atoms. The Morgan fingerprint density at radius 3 is 2.76 bits per heavy atom. The minimum atomic E-state index is 0.156. The fraction of sp³-hybridized carbons (Fsp3) is 0.391. The van der Waals surface area contributed by atoms with Crippen LogP contribution in [0.3, 0.4) is 0 Å². The van der Waals surface area contributed by atoms with E-state index in [1.807, 2.05) is 24.3 Å². The lowest BCUT2D eigenvalue weighted by atomic mass is 9.95. The molecule has 0 unspecified atom stereocenters. The van der Waals surface area contributed by atoms with Crippen LogP contribution in [0.25, 0.3) is 11.0 Å². The number of fused-ring (bicyclic) bond motifs is 1. The van der Waals surface area contributed by atoms with Crippen molar-refractivity contribution in [2.75, 3.05) is 5.75 Å². The number of carbonyl (C=O) groups excluding carboxylic acids is 1. The molecule has 2 N–H and O–H groups in total. The number of aromatic amines is 1. The molecule has 0 aliphatic heterocycles. The van der Waals surface area contributed by atoms with Crippen molar-refractivity contribution in [1.82, 2.24) is 15.3 Å². The molecule has 6 heteroatoms. The van der Waals surface area contributed by atoms with Crippen LogP contribution in [0.4, 0.5) is 0 Å². The maximum absolute atomic E-state index is 12.3. The number of amides is 1. The normalized spacial score (nSPS) is 14.9. The highest BCUT2D eigenvalue weighted by Gasteiger charge is 2.16. The minimum absolute atomic E-state index is 0.156. The maximum atomic E-state index is 12.3. The third-order valence-corrected chi connectivity index (χ3v) is 7.54. The summed E-state index contributed by atoms with van der Waals surface area (Å²) in [7, 11) is 0. The molecule has 1 aliphatic rings. The van der Waals surface area contributed by atoms with Crippen molar-refractivity contribution in [2.24, 2.45) is 0 Å². The molecule has 0 radical (unpaired) electrons. The molecule has 2 aromatic carbocycles. The first-order chi connectivity index (χ1) is 14.2. The second-order valence-electron chi connectivity index (χ2n) is 7.58. The Balaban J connectivity index is 1.33. The van der Waals surface area contributed by atoms with E-state index >= 15 is 0 Å². The highest BCUT2D eigenvalue weighted by molar-refractivity contribution is 8.00. The van der Waals surface area contributed by atoms with Crippen LogP contribution in [0.5, 0.6) is 0 Å². The van der Waals surface area contributed by atoms with Gasteiger partial charge in [0.1, 0.15) is 0 Å². The summed E-state index contributed by atoms with van der Waals surface area (Å²) in [5, 5.41) is 4.15. The molecular weight excluding hydrogens is 398 g/mol. The van der Waals surface area contributed by atoms with E-state index in [0.717, 1.165) is 34.8 Å². The van der Waals surface area contributed by atoms with Crippen molar-refractivity contribution in [3.05, 3.63) is 53.6 Å². The average Bonchev–Trinajstić information content (AvgIpc) is 3.16. The Hall–Kier alpha value is -1.92. The van der Waals surface area contributed by atoms with Gasteiger partial charge in [0.05, 0.1) is 16.8 Å². The number of carbonyl (C=O) groups is 1. The number of para-hydroxylation sites is 2. The number of H-pyrrole nitrogens is 1. The van der Waals surface area contributed by atoms with E-state index in [9.17, 15) is 4.79 Å². The highest BCUT2D eigenvalue weighted by atomic mass is 32.2. The summed E-state index contributed by atoms with van der Waals surface area (Å²) >= 11 is 3.35. The van der Waals surface area contributed by atoms with E-state index in [4.69, 9.17) is 0 Å². The molecule has 1 saturated carbocycles. The number of nitrogens with zero attached hydrogens (tertiary/aromatic N) is 1. The van der Waals surface area contributed by atoms with Gasteiger partial charge >= 0.3 is 0 Å². The van der Waals surface area contributed by atoms with E-state index in [2.05, 4.69) is 40.4 Å². The third kappa shape index (κ3) is 5.37. The monoisotopic (exact) mass is 425 g/mol. The van der Waals surface area contributed by atoms with Gasteiger partial charge in [-0.15, -0.1) is 11.8 Å². The number of hydrogen-bond donors (Lipinski definition) is 2. The summed E-state index contributed by atoms with van der Waals surface area (Å²) in [6, 6.07) is 14.8. The zero-order chi connectivity index (χ0) is 20.1. The number of hydrogen-bond acceptors (Lipinski definition) is 4. The van der Waals surface area contributed by atoms with Crippen molar-refractivity contribution >= 4 is 40.5 Å². The van der Waals surface area contributed by atoms with Crippen molar-refractivity contribution in [3.8, 4) is 0 Å². The molecule has 1 aliphatic carbocycles. The van der Waals surface area contributed by atoms with Crippen LogP contribution in [0, 0.1) is 6.92 Å². The molecule has 0 atom stereocenters. The Kier molecular flexibility index (Phi) is 6.82. The summed E-state index contributed by atoms with van der Waals surface area (Å²) in [4.78, 5) is 21.5. The third-order valence-electron chi connectivity index (χ3n) is 5.46. The van der Waals surface area contributed by atoms with Crippen LogP contribution in [0.1, 0.15) is 43.2 Å². The van der Waals surface area contributed by atoms with Crippen LogP contribution >= 0.6 is 23.5 Å². The van der Waals surface area contributed by atoms with Crippen LogP contribution in [-0.4, -0.2) is 27.7 Å². The van der Waals surface area contributed by atoms with Gasteiger partial charge in [0.2, 0.25) is 5.91 Å². The fourth-order valence-electron chi connectivity index (χ4n) is 3.78. The van der Waals surface area contributed by atoms with Crippen LogP contribution in [-0.2, 0) is 10.5 Å². The lowest BCUT2D eigenvalue weighted by Crippen LogP contribution is -2.37. The molecule has 1 heterocycles. The van der Waals surface area contributed by atoms with E-state index in [1.165, 1.54) is 35.3 Å². The molecule has 152 valence electrons. The van der Waals surface area contributed by atoms with Gasteiger partial charge in [0.25, 0.3) is 0 Å². The van der Waals surface area contributed by atoms with Gasteiger partial charge in [-0.05, 0) is 49.1 Å². The molecule has 29 heavy (non-hydrogen) atoms. The summed E-state index contributed by atoms with van der Waals surface area (Å²) in [6.07, 6.45) is 6.04. The number of thioether (sulfide) groups is 2. The van der Waals surface area contributed by atoms with Gasteiger partial charge in [-0.25, -0.2) is 4.98 Å². The Morgan fingerprint density at radius 2 is 1.93 bits per heavy atom. The molecule has 4 rings (SSSR count). The summed E-state index contributed by atoms with van der Waals surface area (Å²) in [6.45, 7) is 2.15. The number of aromatic nitrogens is 2. The predicted molar refractivity (Wildman–Crippen MR) is 123 cm³/mol. The second kappa shape index (κ2) is 9.72. The number of benzene rings is 2. The number of nitrogens with one attached hydrogen (secondary N) is 2. The van der Waals surface area contributed by atoms with E-state index < -0.39 is 0 Å². The van der Waals surface area contributed by atoms with Gasteiger partial charge in [-0.3, -0.25) is 4.79 Å². The zero-order valence-electron chi connectivity index (χ0n) is 16.7. The first-order valence-corrected chi connectivity index (χ1v) is 12.2. The van der Waals surface area contributed by atoms with Crippen molar-refractivity contribution in [2.45, 2.75) is 60.9 Å². The standard InChI is InChI=1S/C23H27N3OS2/c1-16-17(14-29-23-25-19-11-5-6-12-20(19)26-23)8-7-13-21(16)28-15-22(27)24-18-9-3-2-4-10-18/h5-8,11-13,18H,2-4,9-10,14-15H2,1H3,(H,24,27)(H,25,26). The quantitative estimate of drug-likeness (QED) is 0.476. The topological polar surface area (TPSA) is 57.8 Å². The molecule has 1 aromatic heterocycles. The van der Waals surface area contributed by atoms with E-state index in [-0.39, 0.29) is 5.91 Å². The molecule has 4 nitrogen and oxygen atoms in total. The smallest absolute Gasteiger partial charge is 0.230 e. The lowest BCUT2D eigenvalue weighted by molar-refractivity contribution is -0.119. The van der Waals surface area contributed by atoms with E-state index in [0.29, 0.717) is 11.8 Å². The highest BCUT2D eigenvalue weighted by Crippen LogP contribution is 2.29. The minimum Gasteiger partial charge on any atom is -0.353 e. The van der Waals surface area contributed by atoms with E-state index in [1.54, 1.807) is 23.5 Å². The largest absolute Gasteiger partial charge is 0.353 e. The van der Waals surface area contributed by atoms with Crippen LogP contribution < -0.4 is 5.32 Å². The first-order valence-electron chi connectivity index (χ1n) is 10.3. The zero-order valence-corrected chi connectivity index (χ0v) is 18.4. The SMILES string of the molecule is Cc1c(CSc2nc3ccccc3[nH]2)cccc1SCC(=O)NC1CCCCC1. The second-order valence-corrected chi connectivity index (χ2v) is 9.56. The lowest BCUT2D eigenvalue weighted by Gasteiger charge is -2.22. The predicted octanol–water partition coefficient (Wildman–Crippen LogP) is 5.70. The van der Waals surface area contributed by atoms with Crippen LogP contribution in [0.15, 0.2) is 52.5 Å². The molecule has 0 saturated heterocycles. The summed E-state index contributed by atoms with van der Waals surface area (Å²) in [5.41, 5.74) is 4.61. The Bertz CT molecular complexity index is 946. The number of imidazole rings is 1. The van der Waals surface area contributed by atoms with Crippen LogP contribution in [0.2, 0.25) is 0 Å². The first kappa shape index (κ1) is 20.4. The van der Waals surface area contributed by atoms with Gasteiger partial charge < -0.3 is 10.3 Å². The summed E-state index contributed by atoms with van der Waals surface area (Å²) in [5.74, 6) is 1.50. The molecule has 3 aromatic rings. The maximum Gasteiger partial charge on any atom is 0.230 e. The van der Waals surface area contributed by atoms with Gasteiger partial charge in [-0.1, -0.05) is 55.3 Å². The van der Waals surface area contributed by atoms with Crippen molar-refractivity contribution in [1.29, 1.82) is 0 Å². The molecule has 1 fully saturated rings. The molecule has 0 spiro atoms. The Morgan fingerprint density at radius 1 is 1.10 bits per heavy atom. The Labute approximate surface area is 180 Å². The molecule has 1 amide bonds. The summed E-state index contributed by atoms with van der Waals surface area (Å²) < 4.78 is 0. The fourth-order valence-corrected chi connectivity index (χ4v) is 5.62. The molecular formula is C23H27N3OS2. The number of rotatable bonds is 7.